The molecule has 0 heterocycles. The summed E-state index contributed by atoms with van der Waals surface area (Å²) in [6, 6.07) is 12.6. The Balaban J connectivity index is 1.55. The van der Waals surface area contributed by atoms with Gasteiger partial charge in [-0.3, -0.25) is 9.59 Å². The van der Waals surface area contributed by atoms with Gasteiger partial charge in [-0.1, -0.05) is 17.7 Å². The molecule has 1 aliphatic carbocycles. The number of rotatable bonds is 7. The number of carbonyl (C=O) groups is 2. The van der Waals surface area contributed by atoms with Crippen molar-refractivity contribution in [2.75, 3.05) is 16.4 Å². The molecule has 2 amide bonds. The second kappa shape index (κ2) is 8.10. The van der Waals surface area contributed by atoms with E-state index in [1.807, 2.05) is 0 Å². The minimum atomic E-state index is -3.57. The summed E-state index contributed by atoms with van der Waals surface area (Å²) in [6.45, 7) is 0. The van der Waals surface area contributed by atoms with Crippen molar-refractivity contribution in [2.45, 2.75) is 24.2 Å². The van der Waals surface area contributed by atoms with E-state index in [1.54, 1.807) is 24.3 Å². The highest BCUT2D eigenvalue weighted by Crippen LogP contribution is 2.30. The Hall–Kier alpha value is -2.38. The summed E-state index contributed by atoms with van der Waals surface area (Å²) in [7, 11) is -3.57. The van der Waals surface area contributed by atoms with Crippen LogP contribution in [0, 0.1) is 5.92 Å². The average molecular weight is 407 g/mol. The van der Waals surface area contributed by atoms with E-state index < -0.39 is 15.7 Å². The molecule has 0 bridgehead atoms. The summed E-state index contributed by atoms with van der Waals surface area (Å²) in [5.74, 6) is -0.662. The van der Waals surface area contributed by atoms with Gasteiger partial charge in [0.1, 0.15) is 0 Å². The lowest BCUT2D eigenvalue weighted by Crippen LogP contribution is -2.18. The number of halogens is 1. The second-order valence-corrected chi connectivity index (χ2v) is 8.96. The molecule has 2 N–H and O–H groups in total. The third kappa shape index (κ3) is 5.55. The van der Waals surface area contributed by atoms with Crippen molar-refractivity contribution < 1.29 is 18.0 Å². The van der Waals surface area contributed by atoms with E-state index >= 15 is 0 Å². The van der Waals surface area contributed by atoms with Gasteiger partial charge in [-0.15, -0.1) is 0 Å². The largest absolute Gasteiger partial charge is 0.326 e. The third-order valence-electron chi connectivity index (χ3n) is 4.13. The summed E-state index contributed by atoms with van der Waals surface area (Å²) in [5, 5.41) is 5.91. The number of carbonyl (C=O) groups excluding carboxylic acids is 2. The molecule has 0 atom stereocenters. The molecule has 0 unspecified atom stereocenters. The molecule has 27 heavy (non-hydrogen) atoms. The van der Waals surface area contributed by atoms with E-state index in [1.165, 1.54) is 24.3 Å². The van der Waals surface area contributed by atoms with Crippen LogP contribution in [0.25, 0.3) is 0 Å². The zero-order valence-electron chi connectivity index (χ0n) is 14.4. The van der Waals surface area contributed by atoms with Crippen LogP contribution in [-0.4, -0.2) is 26.0 Å². The fraction of sp³-hybridized carbons (Fsp3) is 0.263. The Labute approximate surface area is 162 Å². The standard InChI is InChI=1S/C19H19ClN2O4S/c20-14-6-8-17(9-7-14)27(25,26)11-10-18(23)21-15-2-1-3-16(12-15)22-19(24)13-4-5-13/h1-3,6-9,12-13H,4-5,10-11H2,(H,21,23)(H,22,24). The SMILES string of the molecule is O=C(CCS(=O)(=O)c1ccc(Cl)cc1)Nc1cccc(NC(=O)C2CC2)c1. The van der Waals surface area contributed by atoms with E-state index in [0.717, 1.165) is 12.8 Å². The van der Waals surface area contributed by atoms with Gasteiger partial charge >= 0.3 is 0 Å². The van der Waals surface area contributed by atoms with Crippen LogP contribution in [0.5, 0.6) is 0 Å². The highest BCUT2D eigenvalue weighted by Gasteiger charge is 2.29. The molecular weight excluding hydrogens is 388 g/mol. The lowest BCUT2D eigenvalue weighted by molar-refractivity contribution is -0.117. The summed E-state index contributed by atoms with van der Waals surface area (Å²) in [4.78, 5) is 24.0. The third-order valence-corrected chi connectivity index (χ3v) is 6.12. The Morgan fingerprint density at radius 2 is 1.63 bits per heavy atom. The van der Waals surface area contributed by atoms with Crippen molar-refractivity contribution in [2.24, 2.45) is 5.92 Å². The van der Waals surface area contributed by atoms with Crippen LogP contribution < -0.4 is 10.6 Å². The second-order valence-electron chi connectivity index (χ2n) is 6.42. The molecule has 0 saturated heterocycles. The minimum absolute atomic E-state index is 0.0208. The van der Waals surface area contributed by atoms with Crippen LogP contribution in [0.4, 0.5) is 11.4 Å². The van der Waals surface area contributed by atoms with Crippen LogP contribution in [0.2, 0.25) is 5.02 Å². The van der Waals surface area contributed by atoms with Crippen LogP contribution in [-0.2, 0) is 19.4 Å². The first kappa shape index (κ1) is 19.4. The van der Waals surface area contributed by atoms with Crippen molar-refractivity contribution in [1.82, 2.24) is 0 Å². The number of nitrogens with one attached hydrogen (secondary N) is 2. The van der Waals surface area contributed by atoms with Gasteiger partial charge in [0.2, 0.25) is 11.8 Å². The Bertz CT molecular complexity index is 954. The van der Waals surface area contributed by atoms with E-state index in [-0.39, 0.29) is 28.9 Å². The van der Waals surface area contributed by atoms with Gasteiger partial charge in [0.15, 0.2) is 9.84 Å². The highest BCUT2D eigenvalue weighted by atomic mass is 35.5. The number of sulfone groups is 1. The van der Waals surface area contributed by atoms with Gasteiger partial charge in [-0.2, -0.15) is 0 Å². The molecule has 0 spiro atoms. The molecule has 8 heteroatoms. The zero-order chi connectivity index (χ0) is 19.4. The Morgan fingerprint density at radius 1 is 1.00 bits per heavy atom. The summed E-state index contributed by atoms with van der Waals surface area (Å²) < 4.78 is 24.5. The minimum Gasteiger partial charge on any atom is -0.326 e. The summed E-state index contributed by atoms with van der Waals surface area (Å²) >= 11 is 5.76. The van der Waals surface area contributed by atoms with E-state index in [2.05, 4.69) is 10.6 Å². The van der Waals surface area contributed by atoms with Crippen LogP contribution in [0.1, 0.15) is 19.3 Å². The molecule has 1 aliphatic rings. The predicted octanol–water partition coefficient (Wildman–Crippen LogP) is 3.49. The van der Waals surface area contributed by atoms with E-state index in [9.17, 15) is 18.0 Å². The molecule has 1 saturated carbocycles. The number of hydrogen-bond acceptors (Lipinski definition) is 4. The molecule has 0 aromatic heterocycles. The lowest BCUT2D eigenvalue weighted by Gasteiger charge is -2.09. The van der Waals surface area contributed by atoms with Gasteiger partial charge < -0.3 is 10.6 Å². The maximum atomic E-state index is 12.3. The van der Waals surface area contributed by atoms with Crippen molar-refractivity contribution in [3.63, 3.8) is 0 Å². The maximum Gasteiger partial charge on any atom is 0.227 e. The maximum absolute atomic E-state index is 12.3. The topological polar surface area (TPSA) is 92.3 Å². The zero-order valence-corrected chi connectivity index (χ0v) is 16.0. The van der Waals surface area contributed by atoms with Crippen LogP contribution >= 0.6 is 11.6 Å². The van der Waals surface area contributed by atoms with Crippen molar-refractivity contribution >= 4 is 44.6 Å². The van der Waals surface area contributed by atoms with Crippen LogP contribution in [0.15, 0.2) is 53.4 Å². The smallest absolute Gasteiger partial charge is 0.227 e. The van der Waals surface area contributed by atoms with Crippen molar-refractivity contribution in [3.8, 4) is 0 Å². The molecule has 2 aromatic rings. The monoisotopic (exact) mass is 406 g/mol. The van der Waals surface area contributed by atoms with Crippen LogP contribution in [0.3, 0.4) is 0 Å². The van der Waals surface area contributed by atoms with Gasteiger partial charge in [0, 0.05) is 28.7 Å². The molecular formula is C19H19ClN2O4S. The molecule has 0 aliphatic heterocycles. The number of anilines is 2. The van der Waals surface area contributed by atoms with Crippen molar-refractivity contribution in [3.05, 3.63) is 53.6 Å². The van der Waals surface area contributed by atoms with Crippen molar-refractivity contribution in [1.29, 1.82) is 0 Å². The van der Waals surface area contributed by atoms with Gasteiger partial charge in [0.05, 0.1) is 10.6 Å². The molecule has 1 fully saturated rings. The first-order valence-electron chi connectivity index (χ1n) is 8.52. The molecule has 3 rings (SSSR count). The molecule has 142 valence electrons. The van der Waals surface area contributed by atoms with E-state index in [0.29, 0.717) is 16.4 Å². The summed E-state index contributed by atoms with van der Waals surface area (Å²) in [6.07, 6.45) is 1.64. The first-order valence-corrected chi connectivity index (χ1v) is 10.6. The molecule has 6 nitrogen and oxygen atoms in total. The number of benzene rings is 2. The lowest BCUT2D eigenvalue weighted by atomic mass is 10.2. The highest BCUT2D eigenvalue weighted by molar-refractivity contribution is 7.91. The van der Waals surface area contributed by atoms with Gasteiger partial charge in [0.25, 0.3) is 0 Å². The fourth-order valence-electron chi connectivity index (χ4n) is 2.47. The predicted molar refractivity (Wildman–Crippen MR) is 105 cm³/mol. The normalized spacial score (nSPS) is 13.8. The van der Waals surface area contributed by atoms with E-state index in [4.69, 9.17) is 11.6 Å². The fourth-order valence-corrected chi connectivity index (χ4v) is 3.84. The Kier molecular flexibility index (Phi) is 5.82. The first-order chi connectivity index (χ1) is 12.8. The van der Waals surface area contributed by atoms with Gasteiger partial charge in [-0.25, -0.2) is 8.42 Å². The quantitative estimate of drug-likeness (QED) is 0.736. The summed E-state index contributed by atoms with van der Waals surface area (Å²) in [5.41, 5.74) is 1.09. The number of amides is 2. The Morgan fingerprint density at radius 3 is 2.26 bits per heavy atom. The van der Waals surface area contributed by atoms with Gasteiger partial charge in [-0.05, 0) is 55.3 Å². The number of hydrogen-bond donors (Lipinski definition) is 2. The molecule has 2 aromatic carbocycles. The molecule has 0 radical (unpaired) electrons. The average Bonchev–Trinajstić information content (AvgIpc) is 3.46.